The molecule has 2 aliphatic rings. The summed E-state index contributed by atoms with van der Waals surface area (Å²) >= 11 is 0. The molecule has 3 rings (SSSR count). The van der Waals surface area contributed by atoms with Gasteiger partial charge >= 0.3 is 0 Å². The molecule has 7 nitrogen and oxygen atoms in total. The Kier molecular flexibility index (Phi) is 6.45. The minimum Gasteiger partial charge on any atom is -0.366 e. The molecule has 0 bridgehead atoms. The minimum atomic E-state index is -0.540. The lowest BCUT2D eigenvalue weighted by Crippen LogP contribution is -2.51. The van der Waals surface area contributed by atoms with E-state index in [0.717, 1.165) is 25.9 Å². The van der Waals surface area contributed by atoms with Gasteiger partial charge in [-0.2, -0.15) is 0 Å². The summed E-state index contributed by atoms with van der Waals surface area (Å²) in [5, 5.41) is 0. The Labute approximate surface area is 160 Å². The van der Waals surface area contributed by atoms with Crippen molar-refractivity contribution in [1.29, 1.82) is 0 Å². The Morgan fingerprint density at radius 3 is 2.07 bits per heavy atom. The van der Waals surface area contributed by atoms with Gasteiger partial charge in [0.2, 0.25) is 11.8 Å². The third-order valence-corrected chi connectivity index (χ3v) is 5.37. The largest absolute Gasteiger partial charge is 0.366 e. The van der Waals surface area contributed by atoms with Crippen LogP contribution >= 0.6 is 0 Å². The Morgan fingerprint density at radius 1 is 0.815 bits per heavy atom. The van der Waals surface area contributed by atoms with E-state index in [4.69, 9.17) is 5.73 Å². The normalized spacial score (nSPS) is 18.8. The van der Waals surface area contributed by atoms with Crippen molar-refractivity contribution < 1.29 is 14.4 Å². The number of rotatable bonds is 4. The second-order valence-corrected chi connectivity index (χ2v) is 7.31. The molecule has 0 spiro atoms. The molecular weight excluding hydrogens is 344 g/mol. The molecule has 2 heterocycles. The number of piperazine rings is 1. The third-order valence-electron chi connectivity index (χ3n) is 5.37. The van der Waals surface area contributed by atoms with Crippen molar-refractivity contribution in [2.24, 2.45) is 5.73 Å². The number of likely N-dealkylation sites (tertiary alicyclic amines) is 1. The third kappa shape index (κ3) is 5.07. The first-order valence-electron chi connectivity index (χ1n) is 9.74. The summed E-state index contributed by atoms with van der Waals surface area (Å²) in [6.45, 7) is 4.68. The molecule has 0 atom stereocenters. The van der Waals surface area contributed by atoms with Crippen molar-refractivity contribution in [1.82, 2.24) is 14.7 Å². The molecule has 146 valence electrons. The molecule has 2 aliphatic heterocycles. The molecule has 0 radical (unpaired) electrons. The van der Waals surface area contributed by atoms with E-state index < -0.39 is 5.91 Å². The van der Waals surface area contributed by atoms with Crippen LogP contribution in [0.3, 0.4) is 0 Å². The van der Waals surface area contributed by atoms with Gasteiger partial charge in [-0.1, -0.05) is 18.9 Å². The standard InChI is InChI=1S/C20H28N4O3/c21-19(26)16-6-5-7-17(14-16)20(27)24-12-10-22(11-13-24)15-18(25)23-8-3-1-2-4-9-23/h5-7,14H,1-4,8-13,15H2,(H2,21,26). The first-order chi connectivity index (χ1) is 13.0. The fraction of sp³-hybridized carbons (Fsp3) is 0.550. The van der Waals surface area contributed by atoms with Crippen LogP contribution < -0.4 is 5.73 Å². The predicted molar refractivity (Wildman–Crippen MR) is 102 cm³/mol. The first-order valence-corrected chi connectivity index (χ1v) is 9.74. The van der Waals surface area contributed by atoms with Crippen molar-refractivity contribution in [2.45, 2.75) is 25.7 Å². The Balaban J connectivity index is 1.51. The number of hydrogen-bond acceptors (Lipinski definition) is 4. The summed E-state index contributed by atoms with van der Waals surface area (Å²) < 4.78 is 0. The number of primary amides is 1. The van der Waals surface area contributed by atoms with Crippen LogP contribution in [0, 0.1) is 0 Å². The summed E-state index contributed by atoms with van der Waals surface area (Å²) in [5.74, 6) is -0.441. The lowest BCUT2D eigenvalue weighted by Gasteiger charge is -2.35. The van der Waals surface area contributed by atoms with E-state index in [1.54, 1.807) is 29.2 Å². The maximum absolute atomic E-state index is 12.7. The monoisotopic (exact) mass is 372 g/mol. The second kappa shape index (κ2) is 8.99. The Bertz CT molecular complexity index is 690. The van der Waals surface area contributed by atoms with Gasteiger partial charge in [-0.15, -0.1) is 0 Å². The van der Waals surface area contributed by atoms with E-state index >= 15 is 0 Å². The Hall–Kier alpha value is -2.41. The van der Waals surface area contributed by atoms with E-state index in [1.165, 1.54) is 12.8 Å². The van der Waals surface area contributed by atoms with Crippen LogP contribution in [0.25, 0.3) is 0 Å². The quantitative estimate of drug-likeness (QED) is 0.852. The zero-order valence-corrected chi connectivity index (χ0v) is 15.7. The van der Waals surface area contributed by atoms with Gasteiger partial charge in [-0.05, 0) is 31.0 Å². The van der Waals surface area contributed by atoms with Crippen LogP contribution in [0.4, 0.5) is 0 Å². The van der Waals surface area contributed by atoms with Gasteiger partial charge in [0.15, 0.2) is 0 Å². The maximum Gasteiger partial charge on any atom is 0.253 e. The van der Waals surface area contributed by atoms with Gasteiger partial charge in [-0.3, -0.25) is 19.3 Å². The topological polar surface area (TPSA) is 87.0 Å². The number of nitrogens with two attached hydrogens (primary N) is 1. The molecule has 0 aromatic heterocycles. The summed E-state index contributed by atoms with van der Waals surface area (Å²) in [7, 11) is 0. The number of carbonyl (C=O) groups excluding carboxylic acids is 3. The van der Waals surface area contributed by atoms with Crippen molar-refractivity contribution in [3.05, 3.63) is 35.4 Å². The van der Waals surface area contributed by atoms with Crippen LogP contribution in [-0.2, 0) is 4.79 Å². The van der Waals surface area contributed by atoms with E-state index in [-0.39, 0.29) is 11.8 Å². The lowest BCUT2D eigenvalue weighted by molar-refractivity contribution is -0.132. The number of nitrogens with zero attached hydrogens (tertiary/aromatic N) is 3. The molecule has 27 heavy (non-hydrogen) atoms. The van der Waals surface area contributed by atoms with Crippen molar-refractivity contribution in [3.63, 3.8) is 0 Å². The van der Waals surface area contributed by atoms with E-state index in [2.05, 4.69) is 4.90 Å². The van der Waals surface area contributed by atoms with E-state index in [9.17, 15) is 14.4 Å². The van der Waals surface area contributed by atoms with Gasteiger partial charge in [-0.25, -0.2) is 0 Å². The van der Waals surface area contributed by atoms with Crippen LogP contribution in [0.2, 0.25) is 0 Å². The van der Waals surface area contributed by atoms with Crippen LogP contribution in [-0.4, -0.2) is 78.2 Å². The molecule has 2 fully saturated rings. The molecule has 7 heteroatoms. The molecule has 0 unspecified atom stereocenters. The average Bonchev–Trinajstić information content (AvgIpc) is 2.98. The lowest BCUT2D eigenvalue weighted by atomic mass is 10.1. The van der Waals surface area contributed by atoms with Gasteiger partial charge in [0.05, 0.1) is 6.54 Å². The van der Waals surface area contributed by atoms with E-state index in [0.29, 0.717) is 43.9 Å². The van der Waals surface area contributed by atoms with Crippen molar-refractivity contribution >= 4 is 17.7 Å². The minimum absolute atomic E-state index is 0.100. The van der Waals surface area contributed by atoms with E-state index in [1.807, 2.05) is 4.90 Å². The molecule has 3 amide bonds. The fourth-order valence-electron chi connectivity index (χ4n) is 3.71. The molecule has 2 N–H and O–H groups in total. The number of carbonyl (C=O) groups is 3. The first kappa shape index (κ1) is 19.4. The summed E-state index contributed by atoms with van der Waals surface area (Å²) in [4.78, 5) is 42.4. The van der Waals surface area contributed by atoms with Gasteiger partial charge < -0.3 is 15.5 Å². The highest BCUT2D eigenvalue weighted by molar-refractivity contribution is 5.99. The molecule has 1 aromatic rings. The smallest absolute Gasteiger partial charge is 0.253 e. The van der Waals surface area contributed by atoms with Crippen LogP contribution in [0.1, 0.15) is 46.4 Å². The van der Waals surface area contributed by atoms with Crippen molar-refractivity contribution in [2.75, 3.05) is 45.8 Å². The highest BCUT2D eigenvalue weighted by Gasteiger charge is 2.25. The maximum atomic E-state index is 12.7. The summed E-state index contributed by atoms with van der Waals surface area (Å²) in [6, 6.07) is 6.51. The second-order valence-electron chi connectivity index (χ2n) is 7.31. The average molecular weight is 372 g/mol. The highest BCUT2D eigenvalue weighted by Crippen LogP contribution is 2.13. The van der Waals surface area contributed by atoms with Crippen LogP contribution in [0.15, 0.2) is 24.3 Å². The number of hydrogen-bond donors (Lipinski definition) is 1. The van der Waals surface area contributed by atoms with Gasteiger partial charge in [0, 0.05) is 50.4 Å². The predicted octanol–water partition coefficient (Wildman–Crippen LogP) is 0.946. The molecule has 0 aliphatic carbocycles. The Morgan fingerprint density at radius 2 is 1.44 bits per heavy atom. The van der Waals surface area contributed by atoms with Crippen LogP contribution in [0.5, 0.6) is 0 Å². The SMILES string of the molecule is NC(=O)c1cccc(C(=O)N2CCN(CC(=O)N3CCCCCC3)CC2)c1. The zero-order valence-electron chi connectivity index (χ0n) is 15.7. The molecule has 0 saturated carbocycles. The fourth-order valence-corrected chi connectivity index (χ4v) is 3.71. The van der Waals surface area contributed by atoms with Gasteiger partial charge in [0.1, 0.15) is 0 Å². The zero-order chi connectivity index (χ0) is 19.2. The summed E-state index contributed by atoms with van der Waals surface area (Å²) in [6.07, 6.45) is 4.61. The molecule has 2 saturated heterocycles. The number of benzene rings is 1. The highest BCUT2D eigenvalue weighted by atomic mass is 16.2. The summed E-state index contributed by atoms with van der Waals surface area (Å²) in [5.41, 5.74) is 6.10. The number of amides is 3. The molecular formula is C20H28N4O3. The van der Waals surface area contributed by atoms with Crippen molar-refractivity contribution in [3.8, 4) is 0 Å². The van der Waals surface area contributed by atoms with Gasteiger partial charge in [0.25, 0.3) is 5.91 Å². The molecule has 1 aromatic carbocycles.